The van der Waals surface area contributed by atoms with Crippen LogP contribution < -0.4 is 4.72 Å². The molecule has 0 atom stereocenters. The first kappa shape index (κ1) is 11.2. The second-order valence-corrected chi connectivity index (χ2v) is 5.02. The Bertz CT molecular complexity index is 383. The Morgan fingerprint density at radius 3 is 2.71 bits per heavy atom. The molecule has 0 fully saturated rings. The summed E-state index contributed by atoms with van der Waals surface area (Å²) in [5.74, 6) is 0.106. The van der Waals surface area contributed by atoms with E-state index in [-0.39, 0.29) is 5.75 Å². The molecule has 0 unspecified atom stereocenters. The number of nitrogens with one attached hydrogen (secondary N) is 1. The number of rotatable bonds is 5. The van der Waals surface area contributed by atoms with Gasteiger partial charge in [-0.15, -0.1) is 0 Å². The minimum atomic E-state index is -3.10. The Hall–Kier alpha value is -0.880. The lowest BCUT2D eigenvalue weighted by Gasteiger charge is -2.01. The summed E-state index contributed by atoms with van der Waals surface area (Å²) in [6, 6.07) is 0. The summed E-state index contributed by atoms with van der Waals surface area (Å²) in [6.45, 7) is 4.70. The summed E-state index contributed by atoms with van der Waals surface area (Å²) < 4.78 is 26.5. The van der Waals surface area contributed by atoms with Gasteiger partial charge < -0.3 is 0 Å². The molecule has 1 aromatic heterocycles. The van der Waals surface area contributed by atoms with Crippen molar-refractivity contribution in [3.8, 4) is 0 Å². The van der Waals surface area contributed by atoms with Crippen LogP contribution in [0.2, 0.25) is 0 Å². The van der Waals surface area contributed by atoms with E-state index in [1.165, 1.54) is 0 Å². The van der Waals surface area contributed by atoms with E-state index in [4.69, 9.17) is 0 Å². The van der Waals surface area contributed by atoms with E-state index in [0.717, 1.165) is 12.1 Å². The molecule has 0 radical (unpaired) electrons. The normalized spacial score (nSPS) is 11.9. The van der Waals surface area contributed by atoms with Crippen LogP contribution in [-0.4, -0.2) is 24.0 Å². The van der Waals surface area contributed by atoms with E-state index >= 15 is 0 Å². The summed E-state index contributed by atoms with van der Waals surface area (Å²) in [6.07, 6.45) is 3.50. The molecule has 1 heterocycles. The molecule has 0 aliphatic heterocycles. The summed E-state index contributed by atoms with van der Waals surface area (Å²) in [5, 5.41) is 4.04. The number of hydrogen-bond donors (Lipinski definition) is 1. The highest BCUT2D eigenvalue weighted by molar-refractivity contribution is 7.89. The van der Waals surface area contributed by atoms with Crippen LogP contribution in [0.15, 0.2) is 12.4 Å². The van der Waals surface area contributed by atoms with Crippen molar-refractivity contribution < 1.29 is 8.42 Å². The van der Waals surface area contributed by atoms with Gasteiger partial charge in [0, 0.05) is 24.8 Å². The molecular weight excluding hydrogens is 202 g/mol. The number of hydrogen-bond acceptors (Lipinski definition) is 3. The van der Waals surface area contributed by atoms with Crippen molar-refractivity contribution in [1.29, 1.82) is 0 Å². The number of sulfonamides is 1. The van der Waals surface area contributed by atoms with E-state index in [0.29, 0.717) is 6.54 Å². The van der Waals surface area contributed by atoms with Gasteiger partial charge >= 0.3 is 0 Å². The van der Waals surface area contributed by atoms with E-state index < -0.39 is 10.0 Å². The molecule has 14 heavy (non-hydrogen) atoms. The standard InChI is InChI=1S/C8H15N3O2S/c1-3-11-7-8(5-9-11)6-10-14(12,13)4-2/h5,7,10H,3-4,6H2,1-2H3. The predicted octanol–water partition coefficient (Wildman–Crippen LogP) is 0.342. The molecule has 0 saturated heterocycles. The highest BCUT2D eigenvalue weighted by Crippen LogP contribution is 1.98. The van der Waals surface area contributed by atoms with E-state index in [2.05, 4.69) is 9.82 Å². The van der Waals surface area contributed by atoms with Crippen molar-refractivity contribution in [1.82, 2.24) is 14.5 Å². The van der Waals surface area contributed by atoms with Crippen LogP contribution in [0.1, 0.15) is 19.4 Å². The van der Waals surface area contributed by atoms with E-state index in [1.54, 1.807) is 17.8 Å². The van der Waals surface area contributed by atoms with Gasteiger partial charge in [-0.2, -0.15) is 5.10 Å². The van der Waals surface area contributed by atoms with Gasteiger partial charge in [0.15, 0.2) is 0 Å². The van der Waals surface area contributed by atoms with Crippen LogP contribution in [0.3, 0.4) is 0 Å². The highest BCUT2D eigenvalue weighted by Gasteiger charge is 2.06. The largest absolute Gasteiger partial charge is 0.273 e. The van der Waals surface area contributed by atoms with Crippen molar-refractivity contribution in [3.05, 3.63) is 18.0 Å². The van der Waals surface area contributed by atoms with Crippen molar-refractivity contribution in [2.24, 2.45) is 0 Å². The van der Waals surface area contributed by atoms with E-state index in [9.17, 15) is 8.42 Å². The zero-order chi connectivity index (χ0) is 10.6. The molecule has 0 aliphatic rings. The summed E-state index contributed by atoms with van der Waals surface area (Å²) in [5.41, 5.74) is 0.879. The Labute approximate surface area is 84.2 Å². The third-order valence-electron chi connectivity index (χ3n) is 1.89. The van der Waals surface area contributed by atoms with Crippen LogP contribution in [-0.2, 0) is 23.1 Å². The van der Waals surface area contributed by atoms with Gasteiger partial charge in [0.05, 0.1) is 11.9 Å². The fourth-order valence-corrected chi connectivity index (χ4v) is 1.56. The Kier molecular flexibility index (Phi) is 3.65. The first-order valence-electron chi connectivity index (χ1n) is 4.56. The minimum Gasteiger partial charge on any atom is -0.273 e. The molecule has 0 aliphatic carbocycles. The molecule has 0 bridgehead atoms. The van der Waals surface area contributed by atoms with Gasteiger partial charge in [0.25, 0.3) is 0 Å². The second-order valence-electron chi connectivity index (χ2n) is 2.93. The predicted molar refractivity (Wildman–Crippen MR) is 54.2 cm³/mol. The maximum absolute atomic E-state index is 11.1. The van der Waals surface area contributed by atoms with Crippen molar-refractivity contribution in [2.75, 3.05) is 5.75 Å². The smallest absolute Gasteiger partial charge is 0.211 e. The first-order valence-corrected chi connectivity index (χ1v) is 6.21. The average molecular weight is 217 g/mol. The average Bonchev–Trinajstić information content (AvgIpc) is 2.63. The molecule has 5 nitrogen and oxygen atoms in total. The minimum absolute atomic E-state index is 0.106. The fourth-order valence-electron chi connectivity index (χ4n) is 0.966. The van der Waals surface area contributed by atoms with Crippen LogP contribution >= 0.6 is 0 Å². The summed E-state index contributed by atoms with van der Waals surface area (Å²) >= 11 is 0. The lowest BCUT2D eigenvalue weighted by atomic mass is 10.4. The van der Waals surface area contributed by atoms with Crippen molar-refractivity contribution in [3.63, 3.8) is 0 Å². The van der Waals surface area contributed by atoms with Gasteiger partial charge in [-0.3, -0.25) is 4.68 Å². The number of aromatic nitrogens is 2. The SMILES string of the molecule is CCn1cc(CNS(=O)(=O)CC)cn1. The van der Waals surface area contributed by atoms with Gasteiger partial charge in [-0.05, 0) is 13.8 Å². The summed E-state index contributed by atoms with van der Waals surface area (Å²) in [4.78, 5) is 0. The molecule has 0 spiro atoms. The Morgan fingerprint density at radius 1 is 1.50 bits per heavy atom. The monoisotopic (exact) mass is 217 g/mol. The highest BCUT2D eigenvalue weighted by atomic mass is 32.2. The first-order chi connectivity index (χ1) is 6.57. The molecular formula is C8H15N3O2S. The van der Waals surface area contributed by atoms with E-state index in [1.807, 2.05) is 13.1 Å². The zero-order valence-corrected chi connectivity index (χ0v) is 9.21. The second kappa shape index (κ2) is 4.56. The number of aryl methyl sites for hydroxylation is 1. The van der Waals surface area contributed by atoms with Crippen LogP contribution in [0.25, 0.3) is 0 Å². The maximum Gasteiger partial charge on any atom is 0.211 e. The Morgan fingerprint density at radius 2 is 2.21 bits per heavy atom. The fraction of sp³-hybridized carbons (Fsp3) is 0.625. The molecule has 0 saturated carbocycles. The quantitative estimate of drug-likeness (QED) is 0.773. The maximum atomic E-state index is 11.1. The molecule has 6 heteroatoms. The molecule has 1 aromatic rings. The van der Waals surface area contributed by atoms with Crippen molar-refractivity contribution in [2.45, 2.75) is 26.9 Å². The molecule has 1 rings (SSSR count). The lowest BCUT2D eigenvalue weighted by molar-refractivity contribution is 0.582. The summed E-state index contributed by atoms with van der Waals surface area (Å²) in [7, 11) is -3.10. The van der Waals surface area contributed by atoms with Gasteiger partial charge in [-0.25, -0.2) is 13.1 Å². The van der Waals surface area contributed by atoms with Crippen LogP contribution in [0, 0.1) is 0 Å². The van der Waals surface area contributed by atoms with Crippen LogP contribution in [0.5, 0.6) is 0 Å². The third kappa shape index (κ3) is 3.12. The van der Waals surface area contributed by atoms with Gasteiger partial charge in [-0.1, -0.05) is 0 Å². The van der Waals surface area contributed by atoms with Gasteiger partial charge in [0.2, 0.25) is 10.0 Å². The Balaban J connectivity index is 2.54. The third-order valence-corrected chi connectivity index (χ3v) is 3.23. The lowest BCUT2D eigenvalue weighted by Crippen LogP contribution is -2.24. The topological polar surface area (TPSA) is 64.0 Å². The molecule has 80 valence electrons. The van der Waals surface area contributed by atoms with Gasteiger partial charge in [0.1, 0.15) is 0 Å². The molecule has 0 amide bonds. The van der Waals surface area contributed by atoms with Crippen LogP contribution in [0.4, 0.5) is 0 Å². The molecule has 0 aromatic carbocycles. The van der Waals surface area contributed by atoms with Crippen molar-refractivity contribution >= 4 is 10.0 Å². The zero-order valence-electron chi connectivity index (χ0n) is 8.40. The molecule has 1 N–H and O–H groups in total. The number of nitrogens with zero attached hydrogens (tertiary/aromatic N) is 2.